The van der Waals surface area contributed by atoms with Gasteiger partial charge < -0.3 is 14.8 Å². The van der Waals surface area contributed by atoms with Gasteiger partial charge in [0.15, 0.2) is 0 Å². The SMILES string of the molecule is CC1=C[C@@H]2/C=C(/C)CC[C@@H]3O[C@@H]3/C=C\C(=O)O[C@@]23C(=O)N[C@@H](CC(C)C)[C@@H]3[C@H]1C. The van der Waals surface area contributed by atoms with E-state index in [0.717, 1.165) is 19.3 Å². The largest absolute Gasteiger partial charge is 0.444 e. The van der Waals surface area contributed by atoms with Crippen molar-refractivity contribution in [2.45, 2.75) is 77.7 Å². The second kappa shape index (κ2) is 7.42. The molecule has 5 heteroatoms. The van der Waals surface area contributed by atoms with Crippen LogP contribution in [0, 0.1) is 23.7 Å². The number of epoxide rings is 1. The van der Waals surface area contributed by atoms with E-state index in [4.69, 9.17) is 9.47 Å². The van der Waals surface area contributed by atoms with Crippen molar-refractivity contribution in [2.24, 2.45) is 23.7 Å². The zero-order chi connectivity index (χ0) is 20.9. The monoisotopic (exact) mass is 399 g/mol. The highest BCUT2D eigenvalue weighted by atomic mass is 16.6. The highest BCUT2D eigenvalue weighted by molar-refractivity contribution is 5.94. The average molecular weight is 400 g/mol. The van der Waals surface area contributed by atoms with Crippen LogP contribution in [0.2, 0.25) is 0 Å². The Morgan fingerprint density at radius 3 is 2.72 bits per heavy atom. The van der Waals surface area contributed by atoms with E-state index in [0.29, 0.717) is 5.92 Å². The van der Waals surface area contributed by atoms with Gasteiger partial charge in [-0.15, -0.1) is 0 Å². The van der Waals surface area contributed by atoms with Crippen molar-refractivity contribution >= 4 is 11.9 Å². The van der Waals surface area contributed by atoms with Gasteiger partial charge in [0.1, 0.15) is 6.10 Å². The van der Waals surface area contributed by atoms with Crippen LogP contribution in [-0.2, 0) is 19.1 Å². The fraction of sp³-hybridized carbons (Fsp3) is 0.667. The van der Waals surface area contributed by atoms with Crippen LogP contribution in [0.25, 0.3) is 0 Å². The lowest BCUT2D eigenvalue weighted by Gasteiger charge is -2.44. The molecule has 0 bridgehead atoms. The third-order valence-corrected chi connectivity index (χ3v) is 7.12. The maximum absolute atomic E-state index is 13.5. The summed E-state index contributed by atoms with van der Waals surface area (Å²) >= 11 is 0. The first-order valence-corrected chi connectivity index (χ1v) is 11.0. The lowest BCUT2D eigenvalue weighted by atomic mass is 9.63. The van der Waals surface area contributed by atoms with Crippen molar-refractivity contribution < 1.29 is 19.1 Å². The molecule has 1 aliphatic carbocycles. The molecule has 0 aromatic carbocycles. The Morgan fingerprint density at radius 2 is 2.00 bits per heavy atom. The number of hydrogen-bond acceptors (Lipinski definition) is 4. The van der Waals surface area contributed by atoms with E-state index in [9.17, 15) is 9.59 Å². The van der Waals surface area contributed by atoms with Crippen molar-refractivity contribution in [3.63, 3.8) is 0 Å². The molecule has 3 aliphatic heterocycles. The molecule has 2 fully saturated rings. The van der Waals surface area contributed by atoms with E-state index in [2.05, 4.69) is 52.1 Å². The summed E-state index contributed by atoms with van der Waals surface area (Å²) in [5, 5.41) is 3.21. The molecule has 0 radical (unpaired) electrons. The predicted molar refractivity (Wildman–Crippen MR) is 111 cm³/mol. The fourth-order valence-electron chi connectivity index (χ4n) is 5.52. The number of amides is 1. The van der Waals surface area contributed by atoms with Crippen molar-refractivity contribution in [1.82, 2.24) is 5.32 Å². The van der Waals surface area contributed by atoms with Gasteiger partial charge in [0.25, 0.3) is 5.91 Å². The molecule has 2 saturated heterocycles. The molecule has 7 atom stereocenters. The van der Waals surface area contributed by atoms with Gasteiger partial charge in [0.2, 0.25) is 5.60 Å². The Morgan fingerprint density at radius 1 is 1.24 bits per heavy atom. The van der Waals surface area contributed by atoms with Crippen molar-refractivity contribution in [2.75, 3.05) is 0 Å². The maximum Gasteiger partial charge on any atom is 0.331 e. The van der Waals surface area contributed by atoms with E-state index >= 15 is 0 Å². The molecule has 29 heavy (non-hydrogen) atoms. The van der Waals surface area contributed by atoms with Crippen LogP contribution >= 0.6 is 0 Å². The zero-order valence-corrected chi connectivity index (χ0v) is 18.1. The van der Waals surface area contributed by atoms with E-state index in [-0.39, 0.29) is 41.9 Å². The first-order valence-electron chi connectivity index (χ1n) is 11.0. The van der Waals surface area contributed by atoms with Gasteiger partial charge in [-0.3, -0.25) is 4.79 Å². The van der Waals surface area contributed by atoms with Gasteiger partial charge in [-0.2, -0.15) is 0 Å². The number of hydrogen-bond donors (Lipinski definition) is 1. The topological polar surface area (TPSA) is 67.9 Å². The fourth-order valence-corrected chi connectivity index (χ4v) is 5.52. The molecular weight excluding hydrogens is 366 g/mol. The minimum Gasteiger partial charge on any atom is -0.444 e. The summed E-state index contributed by atoms with van der Waals surface area (Å²) < 4.78 is 11.7. The molecule has 4 aliphatic rings. The number of fused-ring (bicyclic) bond motifs is 1. The Kier molecular flexibility index (Phi) is 5.22. The molecule has 0 saturated carbocycles. The highest BCUT2D eigenvalue weighted by Crippen LogP contribution is 2.51. The maximum atomic E-state index is 13.5. The molecule has 1 spiro atoms. The van der Waals surface area contributed by atoms with Crippen LogP contribution in [-0.4, -0.2) is 35.7 Å². The quantitative estimate of drug-likeness (QED) is 0.437. The van der Waals surface area contributed by atoms with Crippen LogP contribution < -0.4 is 5.32 Å². The average Bonchev–Trinajstić information content (AvgIpc) is 3.33. The Bertz CT molecular complexity index is 795. The lowest BCUT2D eigenvalue weighted by molar-refractivity contribution is -0.172. The smallest absolute Gasteiger partial charge is 0.331 e. The Balaban J connectivity index is 1.81. The van der Waals surface area contributed by atoms with E-state index in [1.54, 1.807) is 6.08 Å². The summed E-state index contributed by atoms with van der Waals surface area (Å²) in [5.41, 5.74) is 1.28. The van der Waals surface area contributed by atoms with Crippen molar-refractivity contribution in [3.8, 4) is 0 Å². The molecular formula is C24H33NO4. The first-order chi connectivity index (χ1) is 13.7. The molecule has 0 aromatic heterocycles. The van der Waals surface area contributed by atoms with E-state index in [1.807, 2.05) is 0 Å². The summed E-state index contributed by atoms with van der Waals surface area (Å²) in [6.45, 7) is 10.7. The lowest BCUT2D eigenvalue weighted by Crippen LogP contribution is -2.56. The molecule has 1 N–H and O–H groups in total. The predicted octanol–water partition coefficient (Wildman–Crippen LogP) is 3.71. The molecule has 0 aromatic rings. The normalized spacial score (nSPS) is 44.6. The van der Waals surface area contributed by atoms with Gasteiger partial charge in [-0.25, -0.2) is 4.79 Å². The Hall–Kier alpha value is -1.88. The molecule has 4 rings (SSSR count). The van der Waals surface area contributed by atoms with Crippen LogP contribution in [0.5, 0.6) is 0 Å². The van der Waals surface area contributed by atoms with Crippen LogP contribution in [0.3, 0.4) is 0 Å². The molecule has 5 nitrogen and oxygen atoms in total. The van der Waals surface area contributed by atoms with Crippen LogP contribution in [0.1, 0.15) is 53.9 Å². The standard InChI is InChI=1S/C24H33NO4/c1-13(2)10-18-22-16(5)15(4)12-17-11-14(3)6-7-19-20(28-19)8-9-21(26)29-24(17,22)23(27)25-18/h8-9,11-13,16-20,22H,6-7,10H2,1-5H3,(H,25,27)/b9-8-,14-11-/t16-,17-,18-,19-,20+,22-,24-/m0/s1. The first kappa shape index (κ1) is 20.4. The summed E-state index contributed by atoms with van der Waals surface area (Å²) in [6, 6.07) is -0.00168. The second-order valence-electron chi connectivity index (χ2n) is 9.72. The van der Waals surface area contributed by atoms with Gasteiger partial charge in [0.05, 0.1) is 6.10 Å². The van der Waals surface area contributed by atoms with Gasteiger partial charge in [0, 0.05) is 24.0 Å². The summed E-state index contributed by atoms with van der Waals surface area (Å²) in [6.07, 6.45) is 10.4. The number of rotatable bonds is 2. The molecule has 3 heterocycles. The van der Waals surface area contributed by atoms with Crippen molar-refractivity contribution in [1.29, 1.82) is 0 Å². The number of allylic oxidation sites excluding steroid dienone is 2. The second-order valence-corrected chi connectivity index (χ2v) is 9.72. The summed E-state index contributed by atoms with van der Waals surface area (Å²) in [7, 11) is 0. The molecule has 1 amide bonds. The zero-order valence-electron chi connectivity index (χ0n) is 18.1. The molecule has 158 valence electrons. The number of carbonyl (C=O) groups excluding carboxylic acids is 2. The Labute approximate surface area is 173 Å². The summed E-state index contributed by atoms with van der Waals surface area (Å²) in [5.74, 6) is -0.354. The minimum absolute atomic E-state index is 0.00168. The van der Waals surface area contributed by atoms with E-state index < -0.39 is 11.6 Å². The number of nitrogens with one attached hydrogen (secondary N) is 1. The number of esters is 1. The van der Waals surface area contributed by atoms with Crippen LogP contribution in [0.4, 0.5) is 0 Å². The van der Waals surface area contributed by atoms with Gasteiger partial charge in [-0.05, 0) is 51.0 Å². The van der Waals surface area contributed by atoms with Gasteiger partial charge in [-0.1, -0.05) is 44.1 Å². The number of carbonyl (C=O) groups is 2. The number of ether oxygens (including phenoxy) is 2. The summed E-state index contributed by atoms with van der Waals surface area (Å²) in [4.78, 5) is 26.3. The minimum atomic E-state index is -1.19. The third-order valence-electron chi connectivity index (χ3n) is 7.12. The molecule has 0 unspecified atom stereocenters. The third kappa shape index (κ3) is 3.58. The van der Waals surface area contributed by atoms with Crippen LogP contribution in [0.15, 0.2) is 35.5 Å². The van der Waals surface area contributed by atoms with E-state index in [1.165, 1.54) is 17.2 Å². The highest BCUT2D eigenvalue weighted by Gasteiger charge is 2.64. The van der Waals surface area contributed by atoms with Crippen molar-refractivity contribution in [3.05, 3.63) is 35.5 Å². The van der Waals surface area contributed by atoms with Gasteiger partial charge >= 0.3 is 5.97 Å².